The third-order valence-corrected chi connectivity index (χ3v) is 5.53. The summed E-state index contributed by atoms with van der Waals surface area (Å²) >= 11 is 1.52. The fourth-order valence-electron chi connectivity index (χ4n) is 2.85. The van der Waals surface area contributed by atoms with Gasteiger partial charge in [-0.15, -0.1) is 28.3 Å². The van der Waals surface area contributed by atoms with E-state index >= 15 is 0 Å². The lowest BCUT2D eigenvalue weighted by atomic mass is 9.99. The van der Waals surface area contributed by atoms with Crippen LogP contribution in [0.1, 0.15) is 34.3 Å². The number of primary amides is 1. The Bertz CT molecular complexity index is 788. The zero-order chi connectivity index (χ0) is 18.5. The average Bonchev–Trinajstić information content (AvgIpc) is 3.13. The van der Waals surface area contributed by atoms with Crippen LogP contribution in [0.15, 0.2) is 24.3 Å². The molecule has 7 nitrogen and oxygen atoms in total. The lowest BCUT2D eigenvalue weighted by Crippen LogP contribution is -2.26. The van der Waals surface area contributed by atoms with Gasteiger partial charge in [-0.05, 0) is 55.8 Å². The third-order valence-electron chi connectivity index (χ3n) is 4.27. The van der Waals surface area contributed by atoms with Crippen molar-refractivity contribution in [2.45, 2.75) is 18.8 Å². The fraction of sp³-hybridized carbons (Fsp3) is 0.389. The number of esters is 1. The van der Waals surface area contributed by atoms with Gasteiger partial charge in [0.25, 0.3) is 5.91 Å². The number of ether oxygens (including phenoxy) is 2. The molecule has 0 bridgehead atoms. The Morgan fingerprint density at radius 2 is 1.93 bits per heavy atom. The highest BCUT2D eigenvalue weighted by Gasteiger charge is 2.24. The Balaban J connectivity index is 0.00000261. The van der Waals surface area contributed by atoms with Crippen LogP contribution >= 0.6 is 28.3 Å². The van der Waals surface area contributed by atoms with E-state index in [0.29, 0.717) is 17.4 Å². The molecule has 1 aromatic heterocycles. The highest BCUT2D eigenvalue weighted by molar-refractivity contribution is 8.93. The van der Waals surface area contributed by atoms with Crippen LogP contribution in [0.25, 0.3) is 10.4 Å². The Kier molecular flexibility index (Phi) is 7.76. The maximum atomic E-state index is 11.8. The normalized spacial score (nSPS) is 14.3. The highest BCUT2D eigenvalue weighted by Crippen LogP contribution is 2.37. The topological polar surface area (TPSA) is 104 Å². The summed E-state index contributed by atoms with van der Waals surface area (Å²) in [4.78, 5) is 28.3. The first-order chi connectivity index (χ1) is 12.6. The van der Waals surface area contributed by atoms with Gasteiger partial charge >= 0.3 is 5.97 Å². The Labute approximate surface area is 172 Å². The summed E-state index contributed by atoms with van der Waals surface area (Å²) in [6.45, 7) is 1.76. The number of carbonyl (C=O) groups excluding carboxylic acids is 2. The minimum atomic E-state index is -0.526. The number of thiazole rings is 1. The molecule has 1 aromatic carbocycles. The Morgan fingerprint density at radius 1 is 1.26 bits per heavy atom. The van der Waals surface area contributed by atoms with Crippen molar-refractivity contribution in [3.05, 3.63) is 35.0 Å². The molecule has 0 spiro atoms. The van der Waals surface area contributed by atoms with Crippen LogP contribution in [0.5, 0.6) is 5.75 Å². The number of nitrogens with two attached hydrogens (primary N) is 1. The molecule has 1 aliphatic rings. The summed E-state index contributed by atoms with van der Waals surface area (Å²) in [7, 11) is 1.31. The van der Waals surface area contributed by atoms with Gasteiger partial charge in [-0.1, -0.05) is 0 Å². The molecule has 0 radical (unpaired) electrons. The van der Waals surface area contributed by atoms with E-state index in [1.54, 1.807) is 12.1 Å². The Morgan fingerprint density at radius 3 is 2.52 bits per heavy atom. The summed E-state index contributed by atoms with van der Waals surface area (Å²) in [5.74, 6) is -0.0692. The number of amides is 1. The smallest absolute Gasteiger partial charge is 0.343 e. The lowest BCUT2D eigenvalue weighted by Gasteiger charge is -2.20. The van der Waals surface area contributed by atoms with E-state index in [-0.39, 0.29) is 23.6 Å². The first-order valence-corrected chi connectivity index (χ1v) is 9.21. The van der Waals surface area contributed by atoms with Gasteiger partial charge in [0.15, 0.2) is 6.61 Å². The van der Waals surface area contributed by atoms with Crippen molar-refractivity contribution in [2.75, 3.05) is 26.8 Å². The number of nitrogens with one attached hydrogen (secondary N) is 1. The predicted octanol–water partition coefficient (Wildman–Crippen LogP) is 2.51. The van der Waals surface area contributed by atoms with Crippen LogP contribution < -0.4 is 15.8 Å². The summed E-state index contributed by atoms with van der Waals surface area (Å²) in [6, 6.07) is 7.15. The first-order valence-electron chi connectivity index (χ1n) is 8.39. The number of methoxy groups -OCH3 is 1. The number of nitrogens with zero attached hydrogens (tertiary/aromatic N) is 1. The molecule has 1 saturated heterocycles. The Hall–Kier alpha value is -1.97. The van der Waals surface area contributed by atoms with E-state index in [9.17, 15) is 9.59 Å². The SMILES string of the molecule is Br.COC(=O)COc1ccc(-c2sc(C3CCNCC3)nc2C(N)=O)cc1. The van der Waals surface area contributed by atoms with Gasteiger partial charge < -0.3 is 20.5 Å². The molecule has 27 heavy (non-hydrogen) atoms. The molecular formula is C18H22BrN3O4S. The second-order valence-electron chi connectivity index (χ2n) is 6.01. The molecule has 1 fully saturated rings. The largest absolute Gasteiger partial charge is 0.482 e. The molecule has 9 heteroatoms. The molecule has 0 atom stereocenters. The minimum Gasteiger partial charge on any atom is -0.482 e. The van der Waals surface area contributed by atoms with Crippen molar-refractivity contribution in [1.29, 1.82) is 0 Å². The molecule has 1 amide bonds. The molecule has 0 unspecified atom stereocenters. The second-order valence-corrected chi connectivity index (χ2v) is 7.04. The van der Waals surface area contributed by atoms with Crippen molar-refractivity contribution in [2.24, 2.45) is 5.73 Å². The maximum Gasteiger partial charge on any atom is 0.343 e. The van der Waals surface area contributed by atoms with Crippen LogP contribution in [0.3, 0.4) is 0 Å². The maximum absolute atomic E-state index is 11.8. The number of rotatable bonds is 6. The summed E-state index contributed by atoms with van der Waals surface area (Å²) in [5, 5.41) is 4.29. The van der Waals surface area contributed by atoms with Crippen molar-refractivity contribution in [3.63, 3.8) is 0 Å². The highest BCUT2D eigenvalue weighted by atomic mass is 79.9. The molecule has 0 aliphatic carbocycles. The minimum absolute atomic E-state index is 0. The van der Waals surface area contributed by atoms with Gasteiger partial charge in [-0.25, -0.2) is 9.78 Å². The zero-order valence-corrected chi connectivity index (χ0v) is 17.4. The number of piperidine rings is 1. The van der Waals surface area contributed by atoms with E-state index in [0.717, 1.165) is 41.4 Å². The van der Waals surface area contributed by atoms with E-state index in [4.69, 9.17) is 10.5 Å². The van der Waals surface area contributed by atoms with Gasteiger partial charge in [-0.2, -0.15) is 0 Å². The molecule has 2 aromatic rings. The third kappa shape index (κ3) is 5.27. The van der Waals surface area contributed by atoms with Crippen LogP contribution in [0.4, 0.5) is 0 Å². The van der Waals surface area contributed by atoms with Gasteiger partial charge in [0, 0.05) is 5.92 Å². The molecular weight excluding hydrogens is 434 g/mol. The van der Waals surface area contributed by atoms with E-state index in [2.05, 4.69) is 15.0 Å². The zero-order valence-electron chi connectivity index (χ0n) is 14.9. The lowest BCUT2D eigenvalue weighted by molar-refractivity contribution is -0.142. The molecule has 0 saturated carbocycles. The number of hydrogen-bond donors (Lipinski definition) is 2. The number of aromatic nitrogens is 1. The monoisotopic (exact) mass is 455 g/mol. The predicted molar refractivity (Wildman–Crippen MR) is 109 cm³/mol. The molecule has 3 N–H and O–H groups in total. The average molecular weight is 456 g/mol. The van der Waals surface area contributed by atoms with E-state index in [1.807, 2.05) is 12.1 Å². The van der Waals surface area contributed by atoms with Crippen molar-refractivity contribution >= 4 is 40.2 Å². The van der Waals surface area contributed by atoms with Gasteiger partial charge in [-0.3, -0.25) is 4.79 Å². The van der Waals surface area contributed by atoms with Crippen LogP contribution in [-0.4, -0.2) is 43.7 Å². The first kappa shape index (κ1) is 21.3. The van der Waals surface area contributed by atoms with Crippen molar-refractivity contribution in [3.8, 4) is 16.2 Å². The molecule has 2 heterocycles. The number of halogens is 1. The van der Waals surface area contributed by atoms with E-state index < -0.39 is 11.9 Å². The number of carbonyl (C=O) groups is 2. The van der Waals surface area contributed by atoms with Gasteiger partial charge in [0.2, 0.25) is 0 Å². The summed E-state index contributed by atoms with van der Waals surface area (Å²) in [6.07, 6.45) is 2.01. The summed E-state index contributed by atoms with van der Waals surface area (Å²) < 4.78 is 9.88. The van der Waals surface area contributed by atoms with Crippen LogP contribution in [0.2, 0.25) is 0 Å². The van der Waals surface area contributed by atoms with Crippen LogP contribution in [-0.2, 0) is 9.53 Å². The van der Waals surface area contributed by atoms with Crippen molar-refractivity contribution in [1.82, 2.24) is 10.3 Å². The molecule has 3 rings (SSSR count). The van der Waals surface area contributed by atoms with Crippen molar-refractivity contribution < 1.29 is 19.1 Å². The van der Waals surface area contributed by atoms with Crippen LogP contribution in [0, 0.1) is 0 Å². The van der Waals surface area contributed by atoms with Gasteiger partial charge in [0.1, 0.15) is 11.4 Å². The molecule has 1 aliphatic heterocycles. The quantitative estimate of drug-likeness (QED) is 0.648. The number of hydrogen-bond acceptors (Lipinski definition) is 7. The standard InChI is InChI=1S/C18H21N3O4S.BrH/c1-24-14(22)10-25-13-4-2-11(3-5-13)16-15(17(19)23)21-18(26-16)12-6-8-20-9-7-12;/h2-5,12,20H,6-10H2,1H3,(H2,19,23);1H. The summed E-state index contributed by atoms with van der Waals surface area (Å²) in [5.41, 5.74) is 6.70. The second kappa shape index (κ2) is 9.82. The van der Waals surface area contributed by atoms with E-state index in [1.165, 1.54) is 18.4 Å². The van der Waals surface area contributed by atoms with Gasteiger partial charge in [0.05, 0.1) is 17.0 Å². The fourth-order valence-corrected chi connectivity index (χ4v) is 4.09. The number of benzene rings is 1. The molecule has 146 valence electrons.